The molecule has 0 aromatic heterocycles. The van der Waals surface area contributed by atoms with Crippen molar-refractivity contribution in [2.75, 3.05) is 18.2 Å². The van der Waals surface area contributed by atoms with Gasteiger partial charge in [0.25, 0.3) is 0 Å². The van der Waals surface area contributed by atoms with Gasteiger partial charge < -0.3 is 15.8 Å². The minimum absolute atomic E-state index is 0.247. The van der Waals surface area contributed by atoms with Crippen molar-refractivity contribution < 1.29 is 9.13 Å². The number of nitrogen functional groups attached to an aromatic ring is 1. The highest BCUT2D eigenvalue weighted by molar-refractivity contribution is 9.10. The highest BCUT2D eigenvalue weighted by Crippen LogP contribution is 2.25. The molecule has 0 radical (unpaired) electrons. The van der Waals surface area contributed by atoms with E-state index >= 15 is 0 Å². The van der Waals surface area contributed by atoms with Gasteiger partial charge in [-0.15, -0.1) is 0 Å². The highest BCUT2D eigenvalue weighted by atomic mass is 79.9. The van der Waals surface area contributed by atoms with Crippen molar-refractivity contribution in [1.29, 1.82) is 0 Å². The van der Waals surface area contributed by atoms with Crippen LogP contribution in [0, 0.1) is 5.82 Å². The van der Waals surface area contributed by atoms with E-state index < -0.39 is 0 Å². The number of benzene rings is 2. The van der Waals surface area contributed by atoms with Crippen LogP contribution in [0.1, 0.15) is 5.56 Å². The lowest BCUT2D eigenvalue weighted by Gasteiger charge is -2.11. The average Bonchev–Trinajstić information content (AvgIpc) is 2.40. The molecule has 0 atom stereocenters. The predicted molar refractivity (Wildman–Crippen MR) is 78.8 cm³/mol. The molecule has 3 nitrogen and oxygen atoms in total. The molecule has 0 unspecified atom stereocenters. The maximum absolute atomic E-state index is 13.6. The van der Waals surface area contributed by atoms with Crippen LogP contribution in [0.5, 0.6) is 5.75 Å². The molecule has 19 heavy (non-hydrogen) atoms. The van der Waals surface area contributed by atoms with E-state index in [0.29, 0.717) is 23.5 Å². The van der Waals surface area contributed by atoms with Gasteiger partial charge in [-0.2, -0.15) is 0 Å². The molecule has 0 heterocycles. The van der Waals surface area contributed by atoms with E-state index in [0.717, 1.165) is 10.2 Å². The average molecular weight is 325 g/mol. The minimum Gasteiger partial charge on any atom is -0.497 e. The fourth-order valence-electron chi connectivity index (χ4n) is 1.70. The Hall–Kier alpha value is -1.75. The number of anilines is 2. The summed E-state index contributed by atoms with van der Waals surface area (Å²) in [7, 11) is 1.58. The molecule has 5 heteroatoms. The summed E-state index contributed by atoms with van der Waals surface area (Å²) >= 11 is 3.32. The van der Waals surface area contributed by atoms with Gasteiger partial charge in [-0.05, 0) is 30.3 Å². The molecular formula is C14H14BrFN2O. The third-order valence-corrected chi connectivity index (χ3v) is 3.23. The standard InChI is InChI=1S/C14H14BrFN2O/c1-19-11-3-5-14(13(17)7-11)18-8-9-6-10(15)2-4-12(9)16/h2-7,18H,8,17H2,1H3. The molecule has 0 spiro atoms. The Bertz CT molecular complexity index is 590. The first-order valence-corrected chi connectivity index (χ1v) is 6.51. The van der Waals surface area contributed by atoms with E-state index in [9.17, 15) is 4.39 Å². The molecule has 0 aliphatic carbocycles. The lowest BCUT2D eigenvalue weighted by molar-refractivity contribution is 0.415. The topological polar surface area (TPSA) is 47.3 Å². The smallest absolute Gasteiger partial charge is 0.128 e. The van der Waals surface area contributed by atoms with Crippen molar-refractivity contribution in [3.63, 3.8) is 0 Å². The van der Waals surface area contributed by atoms with E-state index in [-0.39, 0.29) is 5.82 Å². The lowest BCUT2D eigenvalue weighted by Crippen LogP contribution is -2.04. The maximum atomic E-state index is 13.6. The first-order valence-electron chi connectivity index (χ1n) is 5.71. The summed E-state index contributed by atoms with van der Waals surface area (Å²) in [5.74, 6) is 0.444. The van der Waals surface area contributed by atoms with E-state index in [1.807, 2.05) is 6.07 Å². The second-order valence-corrected chi connectivity index (χ2v) is 4.96. The second kappa shape index (κ2) is 5.93. The van der Waals surface area contributed by atoms with Gasteiger partial charge in [-0.1, -0.05) is 15.9 Å². The van der Waals surface area contributed by atoms with Crippen molar-refractivity contribution in [3.8, 4) is 5.75 Å². The Morgan fingerprint density at radius 1 is 1.26 bits per heavy atom. The SMILES string of the molecule is COc1ccc(NCc2cc(Br)ccc2F)c(N)c1. The van der Waals surface area contributed by atoms with Crippen molar-refractivity contribution >= 4 is 27.3 Å². The zero-order valence-corrected chi connectivity index (χ0v) is 12.0. The molecule has 0 aliphatic heterocycles. The molecule has 0 amide bonds. The van der Waals surface area contributed by atoms with Crippen LogP contribution in [-0.4, -0.2) is 7.11 Å². The molecule has 100 valence electrons. The second-order valence-electron chi connectivity index (χ2n) is 4.04. The summed E-state index contributed by atoms with van der Waals surface area (Å²) in [5.41, 5.74) is 7.77. The summed E-state index contributed by atoms with van der Waals surface area (Å²) in [6.45, 7) is 0.363. The Balaban J connectivity index is 2.12. The third-order valence-electron chi connectivity index (χ3n) is 2.74. The van der Waals surface area contributed by atoms with Crippen LogP contribution in [0.4, 0.5) is 15.8 Å². The number of hydrogen-bond acceptors (Lipinski definition) is 3. The van der Waals surface area contributed by atoms with Crippen molar-refractivity contribution in [2.24, 2.45) is 0 Å². The van der Waals surface area contributed by atoms with Crippen molar-refractivity contribution in [2.45, 2.75) is 6.54 Å². The largest absolute Gasteiger partial charge is 0.497 e. The number of ether oxygens (including phenoxy) is 1. The lowest BCUT2D eigenvalue weighted by atomic mass is 10.2. The first kappa shape index (κ1) is 13.7. The molecule has 2 aromatic rings. The Morgan fingerprint density at radius 2 is 2.05 bits per heavy atom. The summed E-state index contributed by atoms with van der Waals surface area (Å²) < 4.78 is 19.5. The molecule has 0 aliphatic rings. The maximum Gasteiger partial charge on any atom is 0.128 e. The van der Waals surface area contributed by atoms with Crippen LogP contribution in [0.3, 0.4) is 0 Å². The summed E-state index contributed by atoms with van der Waals surface area (Å²) in [4.78, 5) is 0. The van der Waals surface area contributed by atoms with Gasteiger partial charge in [-0.3, -0.25) is 0 Å². The Labute approximate surface area is 119 Å². The summed E-state index contributed by atoms with van der Waals surface area (Å²) in [6, 6.07) is 10.2. The number of nitrogens with one attached hydrogen (secondary N) is 1. The normalized spacial score (nSPS) is 10.3. The monoisotopic (exact) mass is 324 g/mol. The summed E-state index contributed by atoms with van der Waals surface area (Å²) in [5, 5.41) is 3.11. The van der Waals surface area contributed by atoms with Gasteiger partial charge in [0.1, 0.15) is 11.6 Å². The molecule has 0 bridgehead atoms. The van der Waals surface area contributed by atoms with E-state index in [1.165, 1.54) is 6.07 Å². The number of halogens is 2. The summed E-state index contributed by atoms with van der Waals surface area (Å²) in [6.07, 6.45) is 0. The van der Waals surface area contributed by atoms with Crippen LogP contribution < -0.4 is 15.8 Å². The van der Waals surface area contributed by atoms with Crippen LogP contribution in [0.25, 0.3) is 0 Å². The van der Waals surface area contributed by atoms with Gasteiger partial charge in [0, 0.05) is 22.6 Å². The third kappa shape index (κ3) is 3.38. The molecule has 3 N–H and O–H groups in total. The Kier molecular flexibility index (Phi) is 4.27. The van der Waals surface area contributed by atoms with Crippen LogP contribution in [-0.2, 0) is 6.54 Å². The van der Waals surface area contributed by atoms with Crippen LogP contribution >= 0.6 is 15.9 Å². The van der Waals surface area contributed by atoms with Gasteiger partial charge in [-0.25, -0.2) is 4.39 Å². The fraction of sp³-hybridized carbons (Fsp3) is 0.143. The molecule has 2 aromatic carbocycles. The molecule has 2 rings (SSSR count). The van der Waals surface area contributed by atoms with Gasteiger partial charge in [0.2, 0.25) is 0 Å². The fourth-order valence-corrected chi connectivity index (χ4v) is 2.11. The number of rotatable bonds is 4. The molecule has 0 saturated carbocycles. The number of hydrogen-bond donors (Lipinski definition) is 2. The van der Waals surface area contributed by atoms with E-state index in [1.54, 1.807) is 31.4 Å². The van der Waals surface area contributed by atoms with E-state index in [4.69, 9.17) is 10.5 Å². The number of nitrogens with two attached hydrogens (primary N) is 1. The number of methoxy groups -OCH3 is 1. The predicted octanol–water partition coefficient (Wildman–Crippen LogP) is 3.79. The Morgan fingerprint density at radius 3 is 2.74 bits per heavy atom. The van der Waals surface area contributed by atoms with Crippen LogP contribution in [0.15, 0.2) is 40.9 Å². The zero-order chi connectivity index (χ0) is 13.8. The van der Waals surface area contributed by atoms with Crippen molar-refractivity contribution in [1.82, 2.24) is 0 Å². The minimum atomic E-state index is -0.247. The zero-order valence-electron chi connectivity index (χ0n) is 10.4. The van der Waals surface area contributed by atoms with Gasteiger partial charge in [0.15, 0.2) is 0 Å². The van der Waals surface area contributed by atoms with Crippen molar-refractivity contribution in [3.05, 3.63) is 52.3 Å². The quantitative estimate of drug-likeness (QED) is 0.841. The molecular weight excluding hydrogens is 311 g/mol. The van der Waals surface area contributed by atoms with Gasteiger partial charge >= 0.3 is 0 Å². The first-order chi connectivity index (χ1) is 9.10. The molecule has 0 saturated heterocycles. The van der Waals surface area contributed by atoms with E-state index in [2.05, 4.69) is 21.2 Å². The van der Waals surface area contributed by atoms with Gasteiger partial charge in [0.05, 0.1) is 18.5 Å². The molecule has 0 fully saturated rings. The highest BCUT2D eigenvalue weighted by Gasteiger charge is 2.05. The van der Waals surface area contributed by atoms with Crippen LogP contribution in [0.2, 0.25) is 0 Å².